The van der Waals surface area contributed by atoms with Crippen molar-refractivity contribution in [3.8, 4) is 0 Å². The first-order valence-electron chi connectivity index (χ1n) is 4.07. The standard InChI is InChI=1S/C10H12N2/c1-7-4-8(2)9-6-11-12(3)10(9)5-7/h4-6H,1-3H3. The van der Waals surface area contributed by atoms with Crippen LogP contribution in [0.25, 0.3) is 10.9 Å². The summed E-state index contributed by atoms with van der Waals surface area (Å²) in [5, 5.41) is 5.47. The van der Waals surface area contributed by atoms with Gasteiger partial charge in [-0.25, -0.2) is 0 Å². The highest BCUT2D eigenvalue weighted by Crippen LogP contribution is 2.18. The van der Waals surface area contributed by atoms with Crippen molar-refractivity contribution in [1.82, 2.24) is 9.78 Å². The molecule has 0 aliphatic carbocycles. The van der Waals surface area contributed by atoms with Crippen LogP contribution in [0.2, 0.25) is 0 Å². The van der Waals surface area contributed by atoms with Gasteiger partial charge in [-0.15, -0.1) is 0 Å². The van der Waals surface area contributed by atoms with Crippen LogP contribution in [0.1, 0.15) is 11.1 Å². The van der Waals surface area contributed by atoms with E-state index in [2.05, 4.69) is 31.1 Å². The summed E-state index contributed by atoms with van der Waals surface area (Å²) in [7, 11) is 1.97. The topological polar surface area (TPSA) is 17.8 Å². The second-order valence-electron chi connectivity index (χ2n) is 3.28. The molecule has 0 radical (unpaired) electrons. The zero-order valence-corrected chi connectivity index (χ0v) is 7.63. The van der Waals surface area contributed by atoms with Crippen molar-refractivity contribution < 1.29 is 0 Å². The third-order valence-corrected chi connectivity index (χ3v) is 2.22. The van der Waals surface area contributed by atoms with Crippen LogP contribution in [-0.2, 0) is 7.05 Å². The summed E-state index contributed by atoms with van der Waals surface area (Å²) < 4.78 is 1.91. The minimum atomic E-state index is 1.22. The Morgan fingerprint density at radius 3 is 2.75 bits per heavy atom. The van der Waals surface area contributed by atoms with Crippen LogP contribution in [0.3, 0.4) is 0 Å². The summed E-state index contributed by atoms with van der Waals surface area (Å²) in [6.07, 6.45) is 1.92. The number of hydrogen-bond donors (Lipinski definition) is 0. The molecule has 1 aromatic carbocycles. The maximum absolute atomic E-state index is 4.21. The molecule has 0 bridgehead atoms. The van der Waals surface area contributed by atoms with Crippen molar-refractivity contribution >= 4 is 10.9 Å². The number of benzene rings is 1. The van der Waals surface area contributed by atoms with E-state index in [1.807, 2.05) is 17.9 Å². The minimum absolute atomic E-state index is 1.22. The Balaban J connectivity index is 2.92. The largest absolute Gasteiger partial charge is 0.268 e. The van der Waals surface area contributed by atoms with Crippen LogP contribution in [0.15, 0.2) is 18.3 Å². The first kappa shape index (κ1) is 7.35. The number of rotatable bonds is 0. The molecule has 0 atom stereocenters. The molecule has 0 N–H and O–H groups in total. The number of aromatic nitrogens is 2. The van der Waals surface area contributed by atoms with Gasteiger partial charge in [0.2, 0.25) is 0 Å². The second kappa shape index (κ2) is 2.34. The Hall–Kier alpha value is -1.31. The Morgan fingerprint density at radius 2 is 2.00 bits per heavy atom. The summed E-state index contributed by atoms with van der Waals surface area (Å²) in [5.74, 6) is 0. The fraction of sp³-hybridized carbons (Fsp3) is 0.300. The van der Waals surface area contributed by atoms with E-state index >= 15 is 0 Å². The smallest absolute Gasteiger partial charge is 0.0684 e. The Labute approximate surface area is 71.8 Å². The summed E-state index contributed by atoms with van der Waals surface area (Å²) >= 11 is 0. The average Bonchev–Trinajstić information content (AvgIpc) is 2.33. The summed E-state index contributed by atoms with van der Waals surface area (Å²) in [6, 6.07) is 4.35. The Morgan fingerprint density at radius 1 is 1.25 bits per heavy atom. The zero-order chi connectivity index (χ0) is 8.72. The van der Waals surface area contributed by atoms with Gasteiger partial charge < -0.3 is 0 Å². The fourth-order valence-corrected chi connectivity index (χ4v) is 1.60. The molecule has 0 fully saturated rings. The van der Waals surface area contributed by atoms with Crippen molar-refractivity contribution in [2.45, 2.75) is 13.8 Å². The highest BCUT2D eigenvalue weighted by molar-refractivity contribution is 5.82. The molecule has 2 rings (SSSR count). The van der Waals surface area contributed by atoms with Crippen LogP contribution >= 0.6 is 0 Å². The van der Waals surface area contributed by atoms with E-state index in [1.165, 1.54) is 22.0 Å². The molecule has 2 aromatic rings. The number of nitrogens with zero attached hydrogens (tertiary/aromatic N) is 2. The monoisotopic (exact) mass is 160 g/mol. The normalized spacial score (nSPS) is 10.9. The fourth-order valence-electron chi connectivity index (χ4n) is 1.60. The van der Waals surface area contributed by atoms with Crippen LogP contribution < -0.4 is 0 Å². The molecule has 0 unspecified atom stereocenters. The van der Waals surface area contributed by atoms with Gasteiger partial charge in [0.1, 0.15) is 0 Å². The molecule has 0 amide bonds. The predicted octanol–water partition coefficient (Wildman–Crippen LogP) is 2.19. The first-order chi connectivity index (χ1) is 5.68. The van der Waals surface area contributed by atoms with Gasteiger partial charge in [-0.1, -0.05) is 6.07 Å². The molecule has 0 aliphatic heterocycles. The van der Waals surface area contributed by atoms with Gasteiger partial charge in [0, 0.05) is 12.4 Å². The number of aryl methyl sites for hydroxylation is 3. The maximum Gasteiger partial charge on any atom is 0.0684 e. The molecule has 0 spiro atoms. The van der Waals surface area contributed by atoms with Crippen molar-refractivity contribution in [2.24, 2.45) is 7.05 Å². The highest BCUT2D eigenvalue weighted by atomic mass is 15.2. The van der Waals surface area contributed by atoms with E-state index < -0.39 is 0 Å². The molecule has 12 heavy (non-hydrogen) atoms. The molecular weight excluding hydrogens is 148 g/mol. The minimum Gasteiger partial charge on any atom is -0.268 e. The molecule has 2 nitrogen and oxygen atoms in total. The van der Waals surface area contributed by atoms with Crippen LogP contribution in [0, 0.1) is 13.8 Å². The lowest BCUT2D eigenvalue weighted by Crippen LogP contribution is -1.89. The third-order valence-electron chi connectivity index (χ3n) is 2.22. The van der Waals surface area contributed by atoms with Crippen LogP contribution in [0.4, 0.5) is 0 Å². The second-order valence-corrected chi connectivity index (χ2v) is 3.28. The number of hydrogen-bond acceptors (Lipinski definition) is 1. The van der Waals surface area contributed by atoms with E-state index in [4.69, 9.17) is 0 Å². The van der Waals surface area contributed by atoms with Gasteiger partial charge in [-0.05, 0) is 31.0 Å². The van der Waals surface area contributed by atoms with E-state index in [9.17, 15) is 0 Å². The van der Waals surface area contributed by atoms with Crippen molar-refractivity contribution in [1.29, 1.82) is 0 Å². The molecule has 1 heterocycles. The van der Waals surface area contributed by atoms with Crippen LogP contribution in [0.5, 0.6) is 0 Å². The van der Waals surface area contributed by atoms with E-state index in [1.54, 1.807) is 0 Å². The molecule has 1 aromatic heterocycles. The highest BCUT2D eigenvalue weighted by Gasteiger charge is 2.01. The van der Waals surface area contributed by atoms with E-state index in [0.717, 1.165) is 0 Å². The Bertz CT molecular complexity index is 427. The number of fused-ring (bicyclic) bond motifs is 1. The van der Waals surface area contributed by atoms with Gasteiger partial charge in [-0.3, -0.25) is 4.68 Å². The molecule has 0 saturated heterocycles. The summed E-state index contributed by atoms with van der Waals surface area (Å²) in [5.41, 5.74) is 3.81. The Kier molecular flexibility index (Phi) is 1.43. The summed E-state index contributed by atoms with van der Waals surface area (Å²) in [6.45, 7) is 4.23. The van der Waals surface area contributed by atoms with Gasteiger partial charge in [0.15, 0.2) is 0 Å². The maximum atomic E-state index is 4.21. The first-order valence-corrected chi connectivity index (χ1v) is 4.07. The lowest BCUT2D eigenvalue weighted by molar-refractivity contribution is 0.796. The molecular formula is C10H12N2. The van der Waals surface area contributed by atoms with Crippen molar-refractivity contribution in [2.75, 3.05) is 0 Å². The molecule has 2 heteroatoms. The van der Waals surface area contributed by atoms with Crippen LogP contribution in [-0.4, -0.2) is 9.78 Å². The average molecular weight is 160 g/mol. The van der Waals surface area contributed by atoms with E-state index in [0.29, 0.717) is 0 Å². The van der Waals surface area contributed by atoms with Gasteiger partial charge in [-0.2, -0.15) is 5.10 Å². The molecule has 0 aliphatic rings. The van der Waals surface area contributed by atoms with Gasteiger partial charge in [0.25, 0.3) is 0 Å². The summed E-state index contributed by atoms with van der Waals surface area (Å²) in [4.78, 5) is 0. The molecule has 0 saturated carbocycles. The zero-order valence-electron chi connectivity index (χ0n) is 7.63. The van der Waals surface area contributed by atoms with Gasteiger partial charge >= 0.3 is 0 Å². The quantitative estimate of drug-likeness (QED) is 0.577. The predicted molar refractivity (Wildman–Crippen MR) is 50.2 cm³/mol. The SMILES string of the molecule is Cc1cc(C)c2cnn(C)c2c1. The lowest BCUT2D eigenvalue weighted by atomic mass is 10.1. The van der Waals surface area contributed by atoms with Crippen molar-refractivity contribution in [3.05, 3.63) is 29.5 Å². The van der Waals surface area contributed by atoms with Gasteiger partial charge in [0.05, 0.1) is 11.7 Å². The van der Waals surface area contributed by atoms with Crippen molar-refractivity contribution in [3.63, 3.8) is 0 Å². The molecule has 62 valence electrons. The third kappa shape index (κ3) is 0.916. The van der Waals surface area contributed by atoms with E-state index in [-0.39, 0.29) is 0 Å². The lowest BCUT2D eigenvalue weighted by Gasteiger charge is -1.99.